The minimum Gasteiger partial charge on any atom is -0.371 e. The van der Waals surface area contributed by atoms with Gasteiger partial charge < -0.3 is 15.5 Å². The number of nitrogens with zero attached hydrogens (tertiary/aromatic N) is 1. The number of hydrogen-bond acceptors (Lipinski definition) is 3. The number of hydrogen-bond donors (Lipinski definition) is 2. The first-order chi connectivity index (χ1) is 13.1. The highest BCUT2D eigenvalue weighted by Crippen LogP contribution is 2.29. The van der Waals surface area contributed by atoms with Crippen molar-refractivity contribution in [2.45, 2.75) is 71.3 Å². The zero-order chi connectivity index (χ0) is 19.2. The number of amides is 2. The van der Waals surface area contributed by atoms with Crippen molar-refractivity contribution in [3.8, 4) is 0 Å². The van der Waals surface area contributed by atoms with Gasteiger partial charge in [-0.3, -0.25) is 9.59 Å². The molecule has 2 fully saturated rings. The smallest absolute Gasteiger partial charge is 0.253 e. The molecule has 1 saturated heterocycles. The highest BCUT2D eigenvalue weighted by atomic mass is 16.2. The summed E-state index contributed by atoms with van der Waals surface area (Å²) >= 11 is 0. The summed E-state index contributed by atoms with van der Waals surface area (Å²) in [5, 5.41) is 6.13. The molecule has 1 aliphatic carbocycles. The van der Waals surface area contributed by atoms with Crippen LogP contribution in [0.25, 0.3) is 0 Å². The monoisotopic (exact) mass is 371 g/mol. The lowest BCUT2D eigenvalue weighted by Crippen LogP contribution is -2.38. The molecule has 0 atom stereocenters. The number of nitrogens with one attached hydrogen (secondary N) is 2. The molecule has 3 rings (SSSR count). The molecule has 1 aromatic rings. The third-order valence-corrected chi connectivity index (χ3v) is 5.91. The molecule has 0 bridgehead atoms. The number of benzene rings is 1. The van der Waals surface area contributed by atoms with E-state index in [1.807, 2.05) is 25.1 Å². The Morgan fingerprint density at radius 3 is 2.44 bits per heavy atom. The molecule has 0 aromatic heterocycles. The zero-order valence-corrected chi connectivity index (χ0v) is 16.7. The molecule has 1 aromatic carbocycles. The summed E-state index contributed by atoms with van der Waals surface area (Å²) in [6.45, 7) is 6.07. The molecular weight excluding hydrogens is 338 g/mol. The van der Waals surface area contributed by atoms with Gasteiger partial charge in [-0.1, -0.05) is 33.1 Å². The van der Waals surface area contributed by atoms with Crippen LogP contribution in [0.4, 0.5) is 11.4 Å². The van der Waals surface area contributed by atoms with Gasteiger partial charge in [0.05, 0.1) is 5.56 Å². The average molecular weight is 372 g/mol. The largest absolute Gasteiger partial charge is 0.371 e. The molecule has 0 unspecified atom stereocenters. The summed E-state index contributed by atoms with van der Waals surface area (Å²) < 4.78 is 0. The lowest BCUT2D eigenvalue weighted by molar-refractivity contribution is -0.115. The van der Waals surface area contributed by atoms with E-state index in [1.165, 1.54) is 19.3 Å². The van der Waals surface area contributed by atoms with E-state index in [9.17, 15) is 9.59 Å². The Labute approximate surface area is 162 Å². The lowest BCUT2D eigenvalue weighted by atomic mass is 9.95. The van der Waals surface area contributed by atoms with Gasteiger partial charge in [0.25, 0.3) is 5.91 Å². The van der Waals surface area contributed by atoms with Gasteiger partial charge in [-0.05, 0) is 49.8 Å². The van der Waals surface area contributed by atoms with Crippen molar-refractivity contribution in [2.75, 3.05) is 23.3 Å². The maximum atomic E-state index is 13.1. The minimum absolute atomic E-state index is 0.0110. The summed E-state index contributed by atoms with van der Waals surface area (Å²) in [5.74, 6) is 0.695. The van der Waals surface area contributed by atoms with Gasteiger partial charge in [-0.2, -0.15) is 0 Å². The van der Waals surface area contributed by atoms with E-state index < -0.39 is 0 Å². The average Bonchev–Trinajstić information content (AvgIpc) is 2.69. The lowest BCUT2D eigenvalue weighted by Gasteiger charge is -2.34. The third-order valence-electron chi connectivity index (χ3n) is 5.91. The number of carbonyl (C=O) groups excluding carboxylic acids is 2. The van der Waals surface area contributed by atoms with Gasteiger partial charge in [0.1, 0.15) is 0 Å². The van der Waals surface area contributed by atoms with Crippen LogP contribution in [0.3, 0.4) is 0 Å². The van der Waals surface area contributed by atoms with E-state index in [0.29, 0.717) is 17.7 Å². The maximum absolute atomic E-state index is 13.1. The van der Waals surface area contributed by atoms with Crippen molar-refractivity contribution < 1.29 is 9.59 Å². The van der Waals surface area contributed by atoms with Crippen LogP contribution in [-0.2, 0) is 4.79 Å². The Morgan fingerprint density at radius 2 is 1.78 bits per heavy atom. The maximum Gasteiger partial charge on any atom is 0.253 e. The first kappa shape index (κ1) is 19.7. The molecule has 2 N–H and O–H groups in total. The number of anilines is 2. The second-order valence-corrected chi connectivity index (χ2v) is 8.11. The van der Waals surface area contributed by atoms with Crippen molar-refractivity contribution in [1.82, 2.24) is 5.32 Å². The van der Waals surface area contributed by atoms with Crippen LogP contribution in [0, 0.1) is 5.92 Å². The van der Waals surface area contributed by atoms with Crippen LogP contribution in [0.15, 0.2) is 18.2 Å². The van der Waals surface area contributed by atoms with E-state index in [0.717, 1.165) is 50.4 Å². The molecule has 5 heteroatoms. The Hall–Kier alpha value is -2.04. The highest BCUT2D eigenvalue weighted by molar-refractivity contribution is 6.02. The van der Waals surface area contributed by atoms with Crippen LogP contribution >= 0.6 is 0 Å². The number of carbonyl (C=O) groups is 2. The predicted octanol–water partition coefficient (Wildman–Crippen LogP) is 4.33. The normalized spacial score (nSPS) is 19.0. The van der Waals surface area contributed by atoms with Crippen LogP contribution < -0.4 is 15.5 Å². The molecule has 2 amide bonds. The van der Waals surface area contributed by atoms with Gasteiger partial charge in [-0.15, -0.1) is 0 Å². The SMILES string of the molecule is CCC(=O)Nc1ccc(N2CCC(C)CC2)c(C(=O)NC2CCCCC2)c1. The molecule has 0 radical (unpaired) electrons. The Morgan fingerprint density at radius 1 is 1.07 bits per heavy atom. The molecule has 1 heterocycles. The molecule has 2 aliphatic rings. The fourth-order valence-electron chi connectivity index (χ4n) is 4.08. The molecule has 1 aliphatic heterocycles. The van der Waals surface area contributed by atoms with Crippen LogP contribution in [0.1, 0.15) is 75.6 Å². The summed E-state index contributed by atoms with van der Waals surface area (Å²) in [6, 6.07) is 6.03. The standard InChI is InChI=1S/C22H33N3O2/c1-3-21(26)23-18-9-10-20(25-13-11-16(2)12-14-25)19(15-18)22(27)24-17-7-5-4-6-8-17/h9-10,15-17H,3-8,11-14H2,1-2H3,(H,23,26)(H,24,27). The van der Waals surface area contributed by atoms with Crippen molar-refractivity contribution in [2.24, 2.45) is 5.92 Å². The molecular formula is C22H33N3O2. The minimum atomic E-state index is -0.0341. The van der Waals surface area contributed by atoms with Crippen molar-refractivity contribution >= 4 is 23.2 Å². The van der Waals surface area contributed by atoms with E-state index in [-0.39, 0.29) is 17.9 Å². The fraction of sp³-hybridized carbons (Fsp3) is 0.636. The zero-order valence-electron chi connectivity index (χ0n) is 16.7. The molecule has 148 valence electrons. The van der Waals surface area contributed by atoms with Crippen LogP contribution in [-0.4, -0.2) is 30.9 Å². The molecule has 5 nitrogen and oxygen atoms in total. The number of piperidine rings is 1. The molecule has 27 heavy (non-hydrogen) atoms. The number of rotatable bonds is 5. The quantitative estimate of drug-likeness (QED) is 0.810. The third kappa shape index (κ3) is 5.24. The Balaban J connectivity index is 1.82. The van der Waals surface area contributed by atoms with E-state index >= 15 is 0 Å². The van der Waals surface area contributed by atoms with Gasteiger partial charge >= 0.3 is 0 Å². The van der Waals surface area contributed by atoms with Crippen molar-refractivity contribution in [3.63, 3.8) is 0 Å². The molecule has 1 saturated carbocycles. The fourth-order valence-corrected chi connectivity index (χ4v) is 4.08. The van der Waals surface area contributed by atoms with Crippen LogP contribution in [0.5, 0.6) is 0 Å². The van der Waals surface area contributed by atoms with Gasteiger partial charge in [-0.25, -0.2) is 0 Å². The van der Waals surface area contributed by atoms with Crippen molar-refractivity contribution in [1.29, 1.82) is 0 Å². The Kier molecular flexibility index (Phi) is 6.75. The Bertz CT molecular complexity index is 660. The highest BCUT2D eigenvalue weighted by Gasteiger charge is 2.23. The summed E-state index contributed by atoms with van der Waals surface area (Å²) in [6.07, 6.45) is 8.50. The summed E-state index contributed by atoms with van der Waals surface area (Å²) in [4.78, 5) is 27.2. The first-order valence-electron chi connectivity index (χ1n) is 10.6. The predicted molar refractivity (Wildman–Crippen MR) is 110 cm³/mol. The van der Waals surface area contributed by atoms with E-state index in [2.05, 4.69) is 22.5 Å². The van der Waals surface area contributed by atoms with Gasteiger partial charge in [0, 0.05) is 36.9 Å². The summed E-state index contributed by atoms with van der Waals surface area (Å²) in [7, 11) is 0. The van der Waals surface area contributed by atoms with Gasteiger partial charge in [0.2, 0.25) is 5.91 Å². The molecule has 0 spiro atoms. The topological polar surface area (TPSA) is 61.4 Å². The second kappa shape index (κ2) is 9.25. The second-order valence-electron chi connectivity index (χ2n) is 8.11. The van der Waals surface area contributed by atoms with Crippen molar-refractivity contribution in [3.05, 3.63) is 23.8 Å². The summed E-state index contributed by atoms with van der Waals surface area (Å²) in [5.41, 5.74) is 2.37. The van der Waals surface area contributed by atoms with E-state index in [4.69, 9.17) is 0 Å². The van der Waals surface area contributed by atoms with E-state index in [1.54, 1.807) is 0 Å². The van der Waals surface area contributed by atoms with Crippen LogP contribution in [0.2, 0.25) is 0 Å². The first-order valence-corrected chi connectivity index (χ1v) is 10.6. The van der Waals surface area contributed by atoms with Gasteiger partial charge in [0.15, 0.2) is 0 Å².